The Morgan fingerprint density at radius 2 is 1.91 bits per heavy atom. The van der Waals surface area contributed by atoms with E-state index in [-0.39, 0.29) is 5.56 Å². The summed E-state index contributed by atoms with van der Waals surface area (Å²) >= 11 is 3.43. The average Bonchev–Trinajstić information content (AvgIpc) is 3.07. The van der Waals surface area contributed by atoms with Gasteiger partial charge in [-0.05, 0) is 68.8 Å². The molecule has 0 unspecified atom stereocenters. The summed E-state index contributed by atoms with van der Waals surface area (Å²) < 4.78 is 4.34. The summed E-state index contributed by atoms with van der Waals surface area (Å²) in [4.78, 5) is 17.9. The zero-order valence-electron chi connectivity index (χ0n) is 18.1. The van der Waals surface area contributed by atoms with Crippen LogP contribution >= 0.6 is 15.9 Å². The van der Waals surface area contributed by atoms with Gasteiger partial charge in [-0.25, -0.2) is 4.98 Å². The van der Waals surface area contributed by atoms with Crippen molar-refractivity contribution in [3.05, 3.63) is 91.7 Å². The molecule has 0 bridgehead atoms. The molecule has 0 aliphatic carbocycles. The fraction of sp³-hybridized carbons (Fsp3) is 0.200. The van der Waals surface area contributed by atoms with E-state index in [4.69, 9.17) is 5.26 Å². The second-order valence-electron chi connectivity index (χ2n) is 7.62. The van der Waals surface area contributed by atoms with Crippen molar-refractivity contribution in [3.8, 4) is 11.8 Å². The van der Waals surface area contributed by atoms with Crippen LogP contribution in [-0.4, -0.2) is 20.4 Å². The molecular formula is C25H22BrN5O. The molecule has 0 amide bonds. The Morgan fingerprint density at radius 3 is 2.59 bits per heavy atom. The zero-order chi connectivity index (χ0) is 22.8. The maximum Gasteiger partial charge on any atom is 0.282 e. The van der Waals surface area contributed by atoms with Crippen LogP contribution in [-0.2, 0) is 6.42 Å². The Morgan fingerprint density at radius 1 is 1.16 bits per heavy atom. The molecule has 2 aromatic heterocycles. The van der Waals surface area contributed by atoms with Gasteiger partial charge in [-0.15, -0.1) is 0 Å². The van der Waals surface area contributed by atoms with Gasteiger partial charge in [0, 0.05) is 33.5 Å². The third-order valence-corrected chi connectivity index (χ3v) is 5.88. The van der Waals surface area contributed by atoms with Crippen molar-refractivity contribution in [1.29, 1.82) is 5.26 Å². The lowest BCUT2D eigenvalue weighted by Gasteiger charge is -2.10. The molecule has 2 aromatic carbocycles. The summed E-state index contributed by atoms with van der Waals surface area (Å²) in [6.07, 6.45) is 3.23. The molecule has 4 rings (SSSR count). The number of hydrogen-bond donors (Lipinski definition) is 0. The Labute approximate surface area is 194 Å². The summed E-state index contributed by atoms with van der Waals surface area (Å²) in [5.74, 6) is 0.643. The highest BCUT2D eigenvalue weighted by Gasteiger charge is 2.12. The SMILES string of the molecule is CCCc1nc2ccc(Br)cc2c(=O)n1N=Cc1cc(C)n(-c2ccc(C#N)cc2)c1C. The highest BCUT2D eigenvalue weighted by molar-refractivity contribution is 9.10. The first-order valence-electron chi connectivity index (χ1n) is 10.4. The zero-order valence-corrected chi connectivity index (χ0v) is 19.7. The van der Waals surface area contributed by atoms with E-state index in [1.54, 1.807) is 24.4 Å². The van der Waals surface area contributed by atoms with E-state index >= 15 is 0 Å². The molecule has 0 radical (unpaired) electrons. The van der Waals surface area contributed by atoms with E-state index in [2.05, 4.69) is 43.6 Å². The Hall–Kier alpha value is -3.50. The van der Waals surface area contributed by atoms with E-state index in [0.29, 0.717) is 28.7 Å². The standard InChI is InChI=1S/C25H22BrN5O/c1-4-5-24-29-23-11-8-20(26)13-22(23)25(32)31(24)28-15-19-12-16(2)30(17(19)3)21-9-6-18(14-27)7-10-21/h6-13,15H,4-5H2,1-3H3. The molecule has 0 aliphatic rings. The lowest BCUT2D eigenvalue weighted by molar-refractivity contribution is 0.703. The first-order valence-corrected chi connectivity index (χ1v) is 11.2. The van der Waals surface area contributed by atoms with Crippen LogP contribution in [0.25, 0.3) is 16.6 Å². The lowest BCUT2D eigenvalue weighted by atomic mass is 10.2. The van der Waals surface area contributed by atoms with Gasteiger partial charge >= 0.3 is 0 Å². The molecule has 0 atom stereocenters. The molecular weight excluding hydrogens is 466 g/mol. The fourth-order valence-electron chi connectivity index (χ4n) is 3.82. The average molecular weight is 488 g/mol. The third-order valence-electron chi connectivity index (χ3n) is 5.39. The summed E-state index contributed by atoms with van der Waals surface area (Å²) in [6, 6.07) is 17.1. The maximum absolute atomic E-state index is 13.2. The van der Waals surface area contributed by atoms with Crippen molar-refractivity contribution >= 4 is 33.0 Å². The third kappa shape index (κ3) is 4.02. The number of halogens is 1. The van der Waals surface area contributed by atoms with Gasteiger partial charge in [0.15, 0.2) is 0 Å². The van der Waals surface area contributed by atoms with E-state index in [1.807, 2.05) is 44.2 Å². The summed E-state index contributed by atoms with van der Waals surface area (Å²) in [5.41, 5.74) is 5.03. The van der Waals surface area contributed by atoms with Crippen LogP contribution in [0.2, 0.25) is 0 Å². The van der Waals surface area contributed by atoms with Crippen LogP contribution in [0, 0.1) is 25.2 Å². The Balaban J connectivity index is 1.79. The van der Waals surface area contributed by atoms with Crippen LogP contribution in [0.5, 0.6) is 0 Å². The van der Waals surface area contributed by atoms with Gasteiger partial charge in [0.2, 0.25) is 0 Å². The molecule has 7 heteroatoms. The Bertz CT molecular complexity index is 1440. The minimum atomic E-state index is -0.183. The lowest BCUT2D eigenvalue weighted by Crippen LogP contribution is -2.22. The van der Waals surface area contributed by atoms with Gasteiger partial charge in [-0.2, -0.15) is 15.0 Å². The van der Waals surface area contributed by atoms with Gasteiger partial charge < -0.3 is 4.57 Å². The molecule has 6 nitrogen and oxygen atoms in total. The molecule has 0 saturated carbocycles. The monoisotopic (exact) mass is 487 g/mol. The second kappa shape index (κ2) is 8.93. The predicted molar refractivity (Wildman–Crippen MR) is 131 cm³/mol. The minimum Gasteiger partial charge on any atom is -0.318 e. The number of hydrogen-bond acceptors (Lipinski definition) is 4. The molecule has 32 heavy (non-hydrogen) atoms. The van der Waals surface area contributed by atoms with Crippen LogP contribution in [0.4, 0.5) is 0 Å². The van der Waals surface area contributed by atoms with Gasteiger partial charge in [0.05, 0.1) is 28.8 Å². The van der Waals surface area contributed by atoms with E-state index in [9.17, 15) is 4.79 Å². The fourth-order valence-corrected chi connectivity index (χ4v) is 4.18. The van der Waals surface area contributed by atoms with E-state index < -0.39 is 0 Å². The first-order chi connectivity index (χ1) is 15.4. The van der Waals surface area contributed by atoms with Crippen LogP contribution in [0.1, 0.15) is 41.7 Å². The molecule has 4 aromatic rings. The number of aromatic nitrogens is 3. The van der Waals surface area contributed by atoms with Crippen molar-refractivity contribution in [3.63, 3.8) is 0 Å². The molecule has 160 valence electrons. The largest absolute Gasteiger partial charge is 0.318 e. The van der Waals surface area contributed by atoms with Crippen molar-refractivity contribution in [2.75, 3.05) is 0 Å². The van der Waals surface area contributed by atoms with Crippen LogP contribution in [0.3, 0.4) is 0 Å². The minimum absolute atomic E-state index is 0.183. The van der Waals surface area contributed by atoms with E-state index in [1.165, 1.54) is 4.68 Å². The first kappa shape index (κ1) is 21.7. The quantitative estimate of drug-likeness (QED) is 0.359. The van der Waals surface area contributed by atoms with Crippen LogP contribution in [0.15, 0.2) is 62.9 Å². The van der Waals surface area contributed by atoms with Gasteiger partial charge in [-0.1, -0.05) is 22.9 Å². The number of rotatable bonds is 5. The summed E-state index contributed by atoms with van der Waals surface area (Å²) in [5, 5.41) is 14.1. The topological polar surface area (TPSA) is 76.0 Å². The molecule has 2 heterocycles. The molecule has 0 aliphatic heterocycles. The van der Waals surface area contributed by atoms with Gasteiger partial charge in [0.1, 0.15) is 5.82 Å². The predicted octanol–water partition coefficient (Wildman–Crippen LogP) is 5.27. The molecule has 0 spiro atoms. The normalized spacial score (nSPS) is 11.3. The molecule has 0 saturated heterocycles. The van der Waals surface area contributed by atoms with Gasteiger partial charge in [0.25, 0.3) is 5.56 Å². The Kier molecular flexibility index (Phi) is 6.06. The number of benzene rings is 2. The number of nitriles is 1. The molecule has 0 fully saturated rings. The second-order valence-corrected chi connectivity index (χ2v) is 8.54. The summed E-state index contributed by atoms with van der Waals surface area (Å²) in [6.45, 7) is 6.08. The number of fused-ring (bicyclic) bond motifs is 1. The van der Waals surface area contributed by atoms with Crippen LogP contribution < -0.4 is 5.56 Å². The van der Waals surface area contributed by atoms with Crippen molar-refractivity contribution in [2.45, 2.75) is 33.6 Å². The van der Waals surface area contributed by atoms with Crippen molar-refractivity contribution in [1.82, 2.24) is 14.2 Å². The smallest absolute Gasteiger partial charge is 0.282 e. The van der Waals surface area contributed by atoms with Gasteiger partial charge in [-0.3, -0.25) is 4.79 Å². The summed E-state index contributed by atoms with van der Waals surface area (Å²) in [7, 11) is 0. The van der Waals surface area contributed by atoms with Crippen molar-refractivity contribution < 1.29 is 0 Å². The van der Waals surface area contributed by atoms with E-state index in [0.717, 1.165) is 33.5 Å². The highest BCUT2D eigenvalue weighted by atomic mass is 79.9. The number of aryl methyl sites for hydroxylation is 2. The maximum atomic E-state index is 13.2. The number of nitrogens with zero attached hydrogens (tertiary/aromatic N) is 5. The molecule has 0 N–H and O–H groups in total. The highest BCUT2D eigenvalue weighted by Crippen LogP contribution is 2.21. The van der Waals surface area contributed by atoms with Crippen molar-refractivity contribution in [2.24, 2.45) is 5.10 Å².